The van der Waals surface area contributed by atoms with Crippen molar-refractivity contribution in [2.24, 2.45) is 5.92 Å². The first-order chi connectivity index (χ1) is 14.9. The summed E-state index contributed by atoms with van der Waals surface area (Å²) in [6, 6.07) is 17.4. The highest BCUT2D eigenvalue weighted by Gasteiger charge is 2.34. The molecule has 0 saturated carbocycles. The van der Waals surface area contributed by atoms with E-state index in [1.165, 1.54) is 18.2 Å². The molecule has 5 nitrogen and oxygen atoms in total. The quantitative estimate of drug-likeness (QED) is 0.582. The molecule has 0 saturated heterocycles. The van der Waals surface area contributed by atoms with Crippen molar-refractivity contribution in [3.8, 4) is 0 Å². The Bertz CT molecular complexity index is 1160. The number of nitrogens with one attached hydrogen (secondary N) is 2. The molecule has 0 spiro atoms. The second kappa shape index (κ2) is 8.70. The fourth-order valence-electron chi connectivity index (χ4n) is 3.45. The summed E-state index contributed by atoms with van der Waals surface area (Å²) >= 11 is 5.90. The number of fused-ring (bicyclic) bond motifs is 1. The average molecular weight is 437 g/mol. The molecule has 3 aromatic carbocycles. The number of amides is 2. The number of rotatable bonds is 5. The molecule has 0 bridgehead atoms. The van der Waals surface area contributed by atoms with Crippen LogP contribution in [0.15, 0.2) is 66.7 Å². The van der Waals surface area contributed by atoms with Crippen molar-refractivity contribution in [1.82, 2.24) is 5.32 Å². The van der Waals surface area contributed by atoms with E-state index in [9.17, 15) is 18.8 Å². The fourth-order valence-corrected chi connectivity index (χ4v) is 3.58. The molecule has 1 aliphatic heterocycles. The number of anilines is 1. The Kier molecular flexibility index (Phi) is 5.82. The van der Waals surface area contributed by atoms with Crippen molar-refractivity contribution in [3.05, 3.63) is 99.8 Å². The maximum Gasteiger partial charge on any atom is 0.251 e. The van der Waals surface area contributed by atoms with E-state index in [1.807, 2.05) is 0 Å². The lowest BCUT2D eigenvalue weighted by atomic mass is 9.86. The minimum atomic E-state index is -0.883. The van der Waals surface area contributed by atoms with Gasteiger partial charge in [0.15, 0.2) is 5.78 Å². The Morgan fingerprint density at radius 3 is 2.35 bits per heavy atom. The van der Waals surface area contributed by atoms with Gasteiger partial charge in [-0.1, -0.05) is 35.9 Å². The number of hydrogen-bond donors (Lipinski definition) is 2. The maximum atomic E-state index is 13.0. The van der Waals surface area contributed by atoms with E-state index in [4.69, 9.17) is 11.6 Å². The predicted octanol–water partition coefficient (Wildman–Crippen LogP) is 4.40. The van der Waals surface area contributed by atoms with Crippen LogP contribution in [-0.2, 0) is 17.8 Å². The summed E-state index contributed by atoms with van der Waals surface area (Å²) in [6.45, 7) is 0.222. The molecular formula is C24H18ClFN2O3. The number of benzene rings is 3. The molecule has 1 heterocycles. The molecule has 156 valence electrons. The van der Waals surface area contributed by atoms with Gasteiger partial charge >= 0.3 is 0 Å². The van der Waals surface area contributed by atoms with Gasteiger partial charge in [-0.05, 0) is 60.0 Å². The van der Waals surface area contributed by atoms with Crippen molar-refractivity contribution in [1.29, 1.82) is 0 Å². The summed E-state index contributed by atoms with van der Waals surface area (Å²) in [4.78, 5) is 38.1. The van der Waals surface area contributed by atoms with Crippen molar-refractivity contribution >= 4 is 34.9 Å². The van der Waals surface area contributed by atoms with E-state index >= 15 is 0 Å². The standard InChI is InChI=1S/C24H18ClFN2O3/c25-17-6-1-14(2-7-17)11-20-22(29)19-12-16(5-10-21(19)28-24(20)31)23(30)27-13-15-3-8-18(26)9-4-15/h1-10,12,20H,11,13H2,(H,27,30)(H,28,31). The van der Waals surface area contributed by atoms with Gasteiger partial charge in [-0.25, -0.2) is 4.39 Å². The third-order valence-electron chi connectivity index (χ3n) is 5.16. The highest BCUT2D eigenvalue weighted by atomic mass is 35.5. The summed E-state index contributed by atoms with van der Waals surface area (Å²) in [5.74, 6) is -2.31. The van der Waals surface area contributed by atoms with Gasteiger partial charge in [0.25, 0.3) is 5.91 Å². The minimum Gasteiger partial charge on any atom is -0.348 e. The van der Waals surface area contributed by atoms with E-state index in [-0.39, 0.29) is 36.4 Å². The zero-order valence-electron chi connectivity index (χ0n) is 16.3. The number of carbonyl (C=O) groups is 3. The van der Waals surface area contributed by atoms with Gasteiger partial charge in [0.1, 0.15) is 11.7 Å². The van der Waals surface area contributed by atoms with Crippen molar-refractivity contribution < 1.29 is 18.8 Å². The normalized spacial score (nSPS) is 15.2. The fraction of sp³-hybridized carbons (Fsp3) is 0.125. The first-order valence-electron chi connectivity index (χ1n) is 9.67. The lowest BCUT2D eigenvalue weighted by Gasteiger charge is -2.24. The summed E-state index contributed by atoms with van der Waals surface area (Å²) in [7, 11) is 0. The first kappa shape index (κ1) is 20.8. The summed E-state index contributed by atoms with van der Waals surface area (Å²) in [5, 5.41) is 6.07. The van der Waals surface area contributed by atoms with Crippen LogP contribution in [0.25, 0.3) is 0 Å². The maximum absolute atomic E-state index is 13.0. The highest BCUT2D eigenvalue weighted by molar-refractivity contribution is 6.30. The topological polar surface area (TPSA) is 75.3 Å². The van der Waals surface area contributed by atoms with Gasteiger partial charge in [-0.3, -0.25) is 14.4 Å². The smallest absolute Gasteiger partial charge is 0.251 e. The van der Waals surface area contributed by atoms with Gasteiger partial charge in [-0.2, -0.15) is 0 Å². The molecule has 0 aromatic heterocycles. The molecule has 31 heavy (non-hydrogen) atoms. The second-order valence-electron chi connectivity index (χ2n) is 7.31. The zero-order valence-corrected chi connectivity index (χ0v) is 17.1. The Balaban J connectivity index is 1.50. The monoisotopic (exact) mass is 436 g/mol. The third-order valence-corrected chi connectivity index (χ3v) is 5.41. The van der Waals surface area contributed by atoms with Gasteiger partial charge in [0, 0.05) is 22.7 Å². The summed E-state index contributed by atoms with van der Waals surface area (Å²) < 4.78 is 13.0. The van der Waals surface area contributed by atoms with Gasteiger partial charge in [-0.15, -0.1) is 0 Å². The van der Waals surface area contributed by atoms with E-state index in [0.717, 1.165) is 11.1 Å². The second-order valence-corrected chi connectivity index (χ2v) is 7.74. The zero-order chi connectivity index (χ0) is 22.0. The number of hydrogen-bond acceptors (Lipinski definition) is 3. The molecule has 1 aliphatic rings. The molecule has 7 heteroatoms. The van der Waals surface area contributed by atoms with Gasteiger partial charge in [0.05, 0.1) is 5.69 Å². The van der Waals surface area contributed by atoms with Crippen LogP contribution in [0.2, 0.25) is 5.02 Å². The van der Waals surface area contributed by atoms with Gasteiger partial charge in [0.2, 0.25) is 5.91 Å². The lowest BCUT2D eigenvalue weighted by Crippen LogP contribution is -2.37. The van der Waals surface area contributed by atoms with Crippen molar-refractivity contribution in [3.63, 3.8) is 0 Å². The highest BCUT2D eigenvalue weighted by Crippen LogP contribution is 2.29. The largest absolute Gasteiger partial charge is 0.348 e. The van der Waals surface area contributed by atoms with Crippen LogP contribution in [0.3, 0.4) is 0 Å². The van der Waals surface area contributed by atoms with Crippen LogP contribution in [0.5, 0.6) is 0 Å². The van der Waals surface area contributed by atoms with E-state index in [1.54, 1.807) is 48.5 Å². The first-order valence-corrected chi connectivity index (χ1v) is 10.0. The molecule has 0 aliphatic carbocycles. The Morgan fingerprint density at radius 2 is 1.65 bits per heavy atom. The predicted molar refractivity (Wildman–Crippen MR) is 116 cm³/mol. The number of carbonyl (C=O) groups excluding carboxylic acids is 3. The van der Waals surface area contributed by atoms with Crippen LogP contribution < -0.4 is 10.6 Å². The van der Waals surface area contributed by atoms with Crippen LogP contribution in [0.1, 0.15) is 31.8 Å². The van der Waals surface area contributed by atoms with E-state index < -0.39 is 5.92 Å². The van der Waals surface area contributed by atoms with E-state index in [0.29, 0.717) is 21.8 Å². The van der Waals surface area contributed by atoms with Crippen molar-refractivity contribution in [2.45, 2.75) is 13.0 Å². The van der Waals surface area contributed by atoms with Crippen LogP contribution >= 0.6 is 11.6 Å². The Labute approximate surface area is 183 Å². The number of ketones is 1. The molecule has 2 N–H and O–H groups in total. The molecule has 1 unspecified atom stereocenters. The van der Waals surface area contributed by atoms with Crippen LogP contribution in [-0.4, -0.2) is 17.6 Å². The van der Waals surface area contributed by atoms with Crippen molar-refractivity contribution in [2.75, 3.05) is 5.32 Å². The number of Topliss-reactive ketones (excluding diaryl/α,β-unsaturated/α-hetero) is 1. The average Bonchev–Trinajstić information content (AvgIpc) is 2.77. The third kappa shape index (κ3) is 4.64. The minimum absolute atomic E-state index is 0.222. The molecular weight excluding hydrogens is 419 g/mol. The van der Waals surface area contributed by atoms with Crippen LogP contribution in [0.4, 0.5) is 10.1 Å². The molecule has 4 rings (SSSR count). The molecule has 2 amide bonds. The van der Waals surface area contributed by atoms with E-state index in [2.05, 4.69) is 10.6 Å². The van der Waals surface area contributed by atoms with Crippen LogP contribution in [0, 0.1) is 11.7 Å². The summed E-state index contributed by atoms with van der Waals surface area (Å²) in [5.41, 5.74) is 2.55. The molecule has 1 atom stereocenters. The Morgan fingerprint density at radius 1 is 0.968 bits per heavy atom. The number of halogens is 2. The lowest BCUT2D eigenvalue weighted by molar-refractivity contribution is -0.118. The molecule has 0 radical (unpaired) electrons. The SMILES string of the molecule is O=C(NCc1ccc(F)cc1)c1ccc2c(c1)C(=O)C(Cc1ccc(Cl)cc1)C(=O)N2. The molecule has 3 aromatic rings. The molecule has 0 fully saturated rings. The van der Waals surface area contributed by atoms with Gasteiger partial charge < -0.3 is 10.6 Å². The Hall–Kier alpha value is -3.51. The summed E-state index contributed by atoms with van der Waals surface area (Å²) in [6.07, 6.45) is 0.238.